The van der Waals surface area contributed by atoms with E-state index in [4.69, 9.17) is 20.7 Å². The third-order valence-electron chi connectivity index (χ3n) is 0.805. The van der Waals surface area contributed by atoms with Crippen LogP contribution in [0.1, 0.15) is 6.92 Å². The van der Waals surface area contributed by atoms with Crippen molar-refractivity contribution < 1.29 is 19.8 Å². The van der Waals surface area contributed by atoms with Crippen molar-refractivity contribution in [3.63, 3.8) is 0 Å². The van der Waals surface area contributed by atoms with Crippen LogP contribution in [0.2, 0.25) is 0 Å². The molecule has 0 aliphatic rings. The van der Waals surface area contributed by atoms with Crippen LogP contribution in [0.25, 0.3) is 0 Å². The zero-order valence-corrected chi connectivity index (χ0v) is 6.15. The fraction of sp³-hybridized carbons (Fsp3) is 0.500. The lowest BCUT2D eigenvalue weighted by Gasteiger charge is -2.06. The molecule has 4 N–H and O–H groups in total. The Balaban J connectivity index is 0. The molecule has 0 aliphatic carbocycles. The Morgan fingerprint density at radius 2 is 2.00 bits per heavy atom. The summed E-state index contributed by atoms with van der Waals surface area (Å²) in [7, 11) is 0. The minimum Gasteiger partial charge on any atom is -0.480 e. The summed E-state index contributed by atoms with van der Waals surface area (Å²) in [6, 6.07) is -1.16. The molecule has 0 saturated heterocycles. The highest BCUT2D eigenvalue weighted by Gasteiger charge is 2.16. The lowest BCUT2D eigenvalue weighted by molar-refractivity contribution is -0.140. The van der Waals surface area contributed by atoms with Gasteiger partial charge in [0, 0.05) is 0 Å². The van der Waals surface area contributed by atoms with Crippen LogP contribution in [0.3, 0.4) is 0 Å². The van der Waals surface area contributed by atoms with Crippen molar-refractivity contribution >= 4 is 11.9 Å². The van der Waals surface area contributed by atoms with Crippen molar-refractivity contribution in [2.45, 2.75) is 19.1 Å². The molecular formula is C6H11NO4. The SMILES string of the molecule is C=C=O.CC(O)C(N)C(=O)O. The number of aliphatic hydroxyl groups is 1. The number of aliphatic hydroxyl groups excluding tert-OH is 1. The average Bonchev–Trinajstić information content (AvgIpc) is 1.87. The number of aliphatic carboxylic acids is 1. The summed E-state index contributed by atoms with van der Waals surface area (Å²) in [6.07, 6.45) is -0.979. The van der Waals surface area contributed by atoms with Gasteiger partial charge in [-0.25, -0.2) is 4.79 Å². The predicted molar refractivity (Wildman–Crippen MR) is 38.6 cm³/mol. The fourth-order valence-electron chi connectivity index (χ4n) is 0.206. The van der Waals surface area contributed by atoms with Gasteiger partial charge in [-0.05, 0) is 13.5 Å². The molecule has 0 aromatic carbocycles. The lowest BCUT2D eigenvalue weighted by Crippen LogP contribution is -2.39. The molecule has 5 nitrogen and oxygen atoms in total. The molecule has 0 heterocycles. The van der Waals surface area contributed by atoms with E-state index in [9.17, 15) is 4.79 Å². The molecular weight excluding hydrogens is 150 g/mol. The molecule has 0 bridgehead atoms. The van der Waals surface area contributed by atoms with Crippen LogP contribution in [-0.4, -0.2) is 34.3 Å². The summed E-state index contributed by atoms with van der Waals surface area (Å²) in [6.45, 7) is 4.01. The Bertz CT molecular complexity index is 149. The van der Waals surface area contributed by atoms with Gasteiger partial charge in [0.25, 0.3) is 0 Å². The number of rotatable bonds is 2. The van der Waals surface area contributed by atoms with E-state index < -0.39 is 18.1 Å². The van der Waals surface area contributed by atoms with E-state index in [-0.39, 0.29) is 0 Å². The zero-order chi connectivity index (χ0) is 9.44. The van der Waals surface area contributed by atoms with Gasteiger partial charge in [0.1, 0.15) is 12.0 Å². The van der Waals surface area contributed by atoms with E-state index in [1.165, 1.54) is 12.9 Å². The topological polar surface area (TPSA) is 101 Å². The van der Waals surface area contributed by atoms with Crippen LogP contribution in [0, 0.1) is 0 Å². The molecule has 0 rings (SSSR count). The van der Waals surface area contributed by atoms with Gasteiger partial charge in [-0.3, -0.25) is 4.79 Å². The van der Waals surface area contributed by atoms with Crippen LogP contribution < -0.4 is 5.73 Å². The summed E-state index contributed by atoms with van der Waals surface area (Å²) in [5.74, 6) is 0.0694. The second-order valence-corrected chi connectivity index (χ2v) is 1.75. The van der Waals surface area contributed by atoms with Gasteiger partial charge >= 0.3 is 5.97 Å². The highest BCUT2D eigenvalue weighted by atomic mass is 16.4. The van der Waals surface area contributed by atoms with E-state index in [1.54, 1.807) is 0 Å². The van der Waals surface area contributed by atoms with Crippen molar-refractivity contribution in [3.05, 3.63) is 6.58 Å². The quantitative estimate of drug-likeness (QED) is 0.441. The molecule has 0 saturated carbocycles. The minimum atomic E-state index is -1.18. The molecule has 0 radical (unpaired) electrons. The highest BCUT2D eigenvalue weighted by molar-refractivity contribution is 5.73. The van der Waals surface area contributed by atoms with E-state index in [1.807, 2.05) is 0 Å². The Kier molecular flexibility index (Phi) is 7.91. The molecule has 2 atom stereocenters. The largest absolute Gasteiger partial charge is 0.480 e. The fourth-order valence-corrected chi connectivity index (χ4v) is 0.206. The maximum Gasteiger partial charge on any atom is 0.323 e. The normalized spacial score (nSPS) is 13.4. The Labute approximate surface area is 64.1 Å². The van der Waals surface area contributed by atoms with Gasteiger partial charge in [0.15, 0.2) is 0 Å². The first-order chi connectivity index (χ1) is 4.97. The Hall–Kier alpha value is -1.16. The van der Waals surface area contributed by atoms with E-state index in [0.29, 0.717) is 0 Å². The molecule has 0 aliphatic heterocycles. The first kappa shape index (κ1) is 12.5. The van der Waals surface area contributed by atoms with Gasteiger partial charge < -0.3 is 15.9 Å². The first-order valence-corrected chi connectivity index (χ1v) is 2.78. The van der Waals surface area contributed by atoms with Gasteiger partial charge in [0.2, 0.25) is 0 Å². The Morgan fingerprint density at radius 1 is 1.73 bits per heavy atom. The van der Waals surface area contributed by atoms with Gasteiger partial charge in [0.05, 0.1) is 6.10 Å². The summed E-state index contributed by atoms with van der Waals surface area (Å²) < 4.78 is 0. The maximum absolute atomic E-state index is 9.86. The van der Waals surface area contributed by atoms with E-state index in [2.05, 4.69) is 6.58 Å². The summed E-state index contributed by atoms with van der Waals surface area (Å²) in [5, 5.41) is 16.6. The van der Waals surface area contributed by atoms with Crippen LogP contribution >= 0.6 is 0 Å². The molecule has 5 heteroatoms. The first-order valence-electron chi connectivity index (χ1n) is 2.78. The van der Waals surface area contributed by atoms with Crippen LogP contribution in [-0.2, 0) is 9.59 Å². The average molecular weight is 161 g/mol. The van der Waals surface area contributed by atoms with Gasteiger partial charge in [-0.1, -0.05) is 0 Å². The lowest BCUT2D eigenvalue weighted by atomic mass is 10.2. The molecule has 0 aromatic rings. The monoisotopic (exact) mass is 161 g/mol. The number of carboxylic acids is 1. The van der Waals surface area contributed by atoms with Crippen molar-refractivity contribution in [1.82, 2.24) is 0 Å². The third kappa shape index (κ3) is 8.84. The van der Waals surface area contributed by atoms with Crippen molar-refractivity contribution in [2.75, 3.05) is 0 Å². The number of hydrogen-bond donors (Lipinski definition) is 3. The van der Waals surface area contributed by atoms with Gasteiger partial charge in [-0.2, -0.15) is 0 Å². The second kappa shape index (κ2) is 6.95. The molecule has 0 amide bonds. The highest BCUT2D eigenvalue weighted by Crippen LogP contribution is 1.85. The summed E-state index contributed by atoms with van der Waals surface area (Å²) in [5.41, 5.74) is 4.91. The van der Waals surface area contributed by atoms with E-state index in [0.717, 1.165) is 0 Å². The third-order valence-corrected chi connectivity index (χ3v) is 0.805. The van der Waals surface area contributed by atoms with Crippen molar-refractivity contribution in [1.29, 1.82) is 0 Å². The van der Waals surface area contributed by atoms with E-state index >= 15 is 0 Å². The summed E-state index contributed by atoms with van der Waals surface area (Å²) >= 11 is 0. The molecule has 0 fully saturated rings. The number of carbonyl (C=O) groups is 1. The number of carbonyl (C=O) groups excluding carboxylic acids is 1. The molecule has 0 aromatic heterocycles. The number of carboxylic acid groups (broad SMARTS) is 1. The number of nitrogens with two attached hydrogens (primary N) is 1. The number of hydrogen-bond acceptors (Lipinski definition) is 4. The van der Waals surface area contributed by atoms with Crippen molar-refractivity contribution in [3.8, 4) is 0 Å². The van der Waals surface area contributed by atoms with Crippen LogP contribution in [0.4, 0.5) is 0 Å². The molecule has 64 valence electrons. The zero-order valence-electron chi connectivity index (χ0n) is 6.15. The predicted octanol–water partition coefficient (Wildman–Crippen LogP) is -1.22. The minimum absolute atomic E-state index is 0.979. The Morgan fingerprint density at radius 3 is 2.00 bits per heavy atom. The molecule has 2 unspecified atom stereocenters. The smallest absolute Gasteiger partial charge is 0.323 e. The molecule has 11 heavy (non-hydrogen) atoms. The van der Waals surface area contributed by atoms with Gasteiger partial charge in [-0.15, -0.1) is 0 Å². The van der Waals surface area contributed by atoms with Crippen molar-refractivity contribution in [2.24, 2.45) is 5.73 Å². The summed E-state index contributed by atoms with van der Waals surface area (Å²) in [4.78, 5) is 18.4. The van der Waals surface area contributed by atoms with Crippen LogP contribution in [0.15, 0.2) is 6.58 Å². The molecule has 0 spiro atoms. The second-order valence-electron chi connectivity index (χ2n) is 1.75. The standard InChI is InChI=1S/C4H9NO3.C2H2O/c1-2(6)3(5)4(7)8;1-2-3/h2-3,6H,5H2,1H3,(H,7,8);1H2. The van der Waals surface area contributed by atoms with Crippen LogP contribution in [0.5, 0.6) is 0 Å². The maximum atomic E-state index is 9.86.